The third-order valence-corrected chi connectivity index (χ3v) is 4.93. The Hall–Kier alpha value is -0.450. The van der Waals surface area contributed by atoms with E-state index in [4.69, 9.17) is 4.98 Å². The van der Waals surface area contributed by atoms with Gasteiger partial charge < -0.3 is 10.2 Å². The number of nitrogens with zero attached hydrogens (tertiary/aromatic N) is 2. The largest absolute Gasteiger partial charge is 0.304 e. The van der Waals surface area contributed by atoms with Crippen LogP contribution in [0.15, 0.2) is 5.38 Å². The number of hydrogen-bond donors (Lipinski definition) is 1. The van der Waals surface area contributed by atoms with Crippen LogP contribution in [0.5, 0.6) is 0 Å². The summed E-state index contributed by atoms with van der Waals surface area (Å²) in [5.74, 6) is 0. The summed E-state index contributed by atoms with van der Waals surface area (Å²) in [7, 11) is 2.23. The first-order valence-corrected chi connectivity index (χ1v) is 7.45. The molecule has 2 aliphatic rings. The van der Waals surface area contributed by atoms with Crippen LogP contribution in [-0.2, 0) is 5.54 Å². The minimum atomic E-state index is 0.132. The van der Waals surface area contributed by atoms with Gasteiger partial charge >= 0.3 is 0 Å². The van der Waals surface area contributed by atoms with Gasteiger partial charge in [-0.2, -0.15) is 0 Å². The van der Waals surface area contributed by atoms with E-state index in [9.17, 15) is 0 Å². The fourth-order valence-electron chi connectivity index (χ4n) is 2.82. The number of likely N-dealkylation sites (N-methyl/N-ethyl adjacent to an activating group) is 1. The van der Waals surface area contributed by atoms with Crippen LogP contribution in [0.1, 0.15) is 36.4 Å². The highest BCUT2D eigenvalue weighted by Crippen LogP contribution is 2.36. The summed E-state index contributed by atoms with van der Waals surface area (Å²) in [4.78, 5) is 7.19. The van der Waals surface area contributed by atoms with E-state index in [-0.39, 0.29) is 5.54 Å². The summed E-state index contributed by atoms with van der Waals surface area (Å²) in [6.45, 7) is 4.42. The molecule has 3 nitrogen and oxygen atoms in total. The predicted molar refractivity (Wildman–Crippen MR) is 71.4 cm³/mol. The van der Waals surface area contributed by atoms with Crippen LogP contribution in [0.2, 0.25) is 0 Å². The molecule has 2 heterocycles. The standard InChI is InChI=1S/C13H21N3S/c1-10-8-17-12(14-10)13(15-11-4-5-11)6-3-7-16(2)9-13/h8,11,15H,3-7,9H2,1-2H3. The molecule has 1 aliphatic heterocycles. The highest BCUT2D eigenvalue weighted by atomic mass is 32.1. The third-order valence-electron chi connectivity index (χ3n) is 3.77. The first-order valence-electron chi connectivity index (χ1n) is 6.57. The van der Waals surface area contributed by atoms with Crippen molar-refractivity contribution < 1.29 is 0 Å². The SMILES string of the molecule is Cc1csc(C2(NC3CC3)CCCN(C)C2)n1. The maximum absolute atomic E-state index is 4.75. The Balaban J connectivity index is 1.88. The lowest BCUT2D eigenvalue weighted by atomic mass is 9.89. The normalized spacial score (nSPS) is 30.7. The van der Waals surface area contributed by atoms with Crippen LogP contribution in [0, 0.1) is 6.92 Å². The Morgan fingerprint density at radius 2 is 2.35 bits per heavy atom. The molecule has 2 fully saturated rings. The smallest absolute Gasteiger partial charge is 0.114 e. The number of thiazole rings is 1. The maximum Gasteiger partial charge on any atom is 0.114 e. The van der Waals surface area contributed by atoms with E-state index in [1.54, 1.807) is 0 Å². The first-order chi connectivity index (χ1) is 8.18. The number of piperidine rings is 1. The van der Waals surface area contributed by atoms with Crippen molar-refractivity contribution >= 4 is 11.3 Å². The molecule has 17 heavy (non-hydrogen) atoms. The van der Waals surface area contributed by atoms with Crippen molar-refractivity contribution in [3.8, 4) is 0 Å². The number of nitrogens with one attached hydrogen (secondary N) is 1. The quantitative estimate of drug-likeness (QED) is 0.892. The van der Waals surface area contributed by atoms with Crippen molar-refractivity contribution in [2.24, 2.45) is 0 Å². The minimum Gasteiger partial charge on any atom is -0.304 e. The fraction of sp³-hybridized carbons (Fsp3) is 0.769. The van der Waals surface area contributed by atoms with Gasteiger partial charge in [0.05, 0.1) is 5.54 Å². The lowest BCUT2D eigenvalue weighted by molar-refractivity contribution is 0.141. The van der Waals surface area contributed by atoms with E-state index in [0.717, 1.165) is 18.3 Å². The molecular weight excluding hydrogens is 230 g/mol. The molecule has 0 amide bonds. The molecule has 1 saturated carbocycles. The number of aromatic nitrogens is 1. The van der Waals surface area contributed by atoms with E-state index in [2.05, 4.69) is 29.6 Å². The Labute approximate surface area is 107 Å². The zero-order chi connectivity index (χ0) is 11.9. The van der Waals surface area contributed by atoms with Crippen molar-refractivity contribution in [3.05, 3.63) is 16.1 Å². The lowest BCUT2D eigenvalue weighted by Gasteiger charge is -2.41. The van der Waals surface area contributed by atoms with Gasteiger partial charge in [-0.1, -0.05) is 0 Å². The Morgan fingerprint density at radius 3 is 2.94 bits per heavy atom. The first kappa shape index (κ1) is 11.6. The minimum absolute atomic E-state index is 0.132. The molecule has 0 spiro atoms. The van der Waals surface area contributed by atoms with Gasteiger partial charge in [0.15, 0.2) is 0 Å². The van der Waals surface area contributed by atoms with Crippen LogP contribution in [-0.4, -0.2) is 36.1 Å². The number of rotatable bonds is 3. The molecule has 4 heteroatoms. The monoisotopic (exact) mass is 251 g/mol. The van der Waals surface area contributed by atoms with Gasteiger partial charge in [0.25, 0.3) is 0 Å². The molecule has 1 atom stereocenters. The Kier molecular flexibility index (Phi) is 2.97. The van der Waals surface area contributed by atoms with Crippen molar-refractivity contribution in [2.45, 2.75) is 44.2 Å². The van der Waals surface area contributed by atoms with Crippen LogP contribution in [0.25, 0.3) is 0 Å². The molecule has 1 aliphatic carbocycles. The van der Waals surface area contributed by atoms with Crippen molar-refractivity contribution in [2.75, 3.05) is 20.1 Å². The summed E-state index contributed by atoms with van der Waals surface area (Å²) in [6.07, 6.45) is 5.20. The molecule has 1 saturated heterocycles. The molecule has 1 unspecified atom stereocenters. The zero-order valence-electron chi connectivity index (χ0n) is 10.7. The highest BCUT2D eigenvalue weighted by molar-refractivity contribution is 7.09. The van der Waals surface area contributed by atoms with Gasteiger partial charge in [-0.3, -0.25) is 0 Å². The third kappa shape index (κ3) is 2.39. The second kappa shape index (κ2) is 4.34. The van der Waals surface area contributed by atoms with Crippen molar-refractivity contribution in [1.82, 2.24) is 15.2 Å². The average Bonchev–Trinajstić information content (AvgIpc) is 2.97. The van der Waals surface area contributed by atoms with E-state index >= 15 is 0 Å². The molecule has 1 N–H and O–H groups in total. The highest BCUT2D eigenvalue weighted by Gasteiger charge is 2.42. The molecular formula is C13H21N3S. The summed E-state index contributed by atoms with van der Waals surface area (Å²) in [6, 6.07) is 0.741. The average molecular weight is 251 g/mol. The molecule has 0 radical (unpaired) electrons. The summed E-state index contributed by atoms with van der Waals surface area (Å²) >= 11 is 1.83. The van der Waals surface area contributed by atoms with Gasteiger partial charge in [-0.15, -0.1) is 11.3 Å². The topological polar surface area (TPSA) is 28.2 Å². The molecule has 1 aromatic rings. The fourth-order valence-corrected chi connectivity index (χ4v) is 3.80. The number of aryl methyl sites for hydroxylation is 1. The van der Waals surface area contributed by atoms with E-state index in [0.29, 0.717) is 0 Å². The van der Waals surface area contributed by atoms with Gasteiger partial charge in [0.2, 0.25) is 0 Å². The number of likely N-dealkylation sites (tertiary alicyclic amines) is 1. The lowest BCUT2D eigenvalue weighted by Crippen LogP contribution is -2.54. The van der Waals surface area contributed by atoms with Gasteiger partial charge in [0.1, 0.15) is 5.01 Å². The Bertz CT molecular complexity index is 395. The summed E-state index contributed by atoms with van der Waals surface area (Å²) < 4.78 is 0. The van der Waals surface area contributed by atoms with Gasteiger partial charge in [0, 0.05) is 23.7 Å². The molecule has 94 valence electrons. The van der Waals surface area contributed by atoms with Crippen LogP contribution < -0.4 is 5.32 Å². The zero-order valence-corrected chi connectivity index (χ0v) is 11.5. The summed E-state index contributed by atoms with van der Waals surface area (Å²) in [5.41, 5.74) is 1.29. The molecule has 0 bridgehead atoms. The molecule has 3 rings (SSSR count). The van der Waals surface area contributed by atoms with E-state index < -0.39 is 0 Å². The van der Waals surface area contributed by atoms with Crippen molar-refractivity contribution in [1.29, 1.82) is 0 Å². The number of hydrogen-bond acceptors (Lipinski definition) is 4. The van der Waals surface area contributed by atoms with Crippen molar-refractivity contribution in [3.63, 3.8) is 0 Å². The van der Waals surface area contributed by atoms with E-state index in [1.165, 1.54) is 37.2 Å². The molecule has 0 aromatic carbocycles. The van der Waals surface area contributed by atoms with Crippen LogP contribution >= 0.6 is 11.3 Å². The van der Waals surface area contributed by atoms with Gasteiger partial charge in [-0.25, -0.2) is 4.98 Å². The van der Waals surface area contributed by atoms with Crippen LogP contribution in [0.4, 0.5) is 0 Å². The second-order valence-electron chi connectivity index (χ2n) is 5.64. The summed E-state index contributed by atoms with van der Waals surface area (Å²) in [5, 5.41) is 7.35. The maximum atomic E-state index is 4.75. The predicted octanol–water partition coefficient (Wildman–Crippen LogP) is 2.12. The van der Waals surface area contributed by atoms with Crippen LogP contribution in [0.3, 0.4) is 0 Å². The van der Waals surface area contributed by atoms with Gasteiger partial charge in [-0.05, 0) is 46.2 Å². The second-order valence-corrected chi connectivity index (χ2v) is 6.49. The Morgan fingerprint density at radius 1 is 1.53 bits per heavy atom. The van der Waals surface area contributed by atoms with E-state index in [1.807, 2.05) is 11.3 Å². The molecule has 1 aromatic heterocycles.